The SMILES string of the molecule is C=Cc1noc(C=C)c1-c1cc(-c2cccnc2C(F)(F)F)c2[nH]ncc2c1. The van der Waals surface area contributed by atoms with Crippen LogP contribution in [-0.2, 0) is 6.18 Å². The second-order valence-electron chi connectivity index (χ2n) is 5.97. The number of rotatable bonds is 4. The number of hydrogen-bond donors (Lipinski definition) is 1. The van der Waals surface area contributed by atoms with Crippen LogP contribution in [0, 0.1) is 0 Å². The zero-order chi connectivity index (χ0) is 19.9. The third-order valence-electron chi connectivity index (χ3n) is 4.33. The van der Waals surface area contributed by atoms with Crippen molar-refractivity contribution in [1.29, 1.82) is 0 Å². The summed E-state index contributed by atoms with van der Waals surface area (Å²) in [6.45, 7) is 7.41. The Morgan fingerprint density at radius 1 is 1.11 bits per heavy atom. The van der Waals surface area contributed by atoms with Gasteiger partial charge in [-0.1, -0.05) is 24.4 Å². The lowest BCUT2D eigenvalue weighted by Crippen LogP contribution is -2.09. The highest BCUT2D eigenvalue weighted by Gasteiger charge is 2.36. The number of aromatic nitrogens is 4. The first-order valence-corrected chi connectivity index (χ1v) is 8.18. The van der Waals surface area contributed by atoms with Crippen molar-refractivity contribution < 1.29 is 17.7 Å². The van der Waals surface area contributed by atoms with Gasteiger partial charge >= 0.3 is 6.18 Å². The first-order chi connectivity index (χ1) is 13.4. The van der Waals surface area contributed by atoms with Crippen molar-refractivity contribution in [3.8, 4) is 22.3 Å². The van der Waals surface area contributed by atoms with E-state index in [4.69, 9.17) is 4.52 Å². The third kappa shape index (κ3) is 2.79. The smallest absolute Gasteiger partial charge is 0.356 e. The van der Waals surface area contributed by atoms with Crippen molar-refractivity contribution in [3.05, 3.63) is 67.0 Å². The topological polar surface area (TPSA) is 67.6 Å². The van der Waals surface area contributed by atoms with E-state index < -0.39 is 11.9 Å². The van der Waals surface area contributed by atoms with Gasteiger partial charge in [-0.2, -0.15) is 18.3 Å². The summed E-state index contributed by atoms with van der Waals surface area (Å²) in [5.41, 5.74) is 1.42. The van der Waals surface area contributed by atoms with E-state index in [1.54, 1.807) is 18.3 Å². The molecule has 140 valence electrons. The molecule has 0 saturated heterocycles. The van der Waals surface area contributed by atoms with Crippen LogP contribution in [-0.4, -0.2) is 20.3 Å². The van der Waals surface area contributed by atoms with E-state index in [-0.39, 0.29) is 5.56 Å². The molecule has 8 heteroatoms. The molecule has 4 rings (SSSR count). The molecule has 0 aliphatic carbocycles. The summed E-state index contributed by atoms with van der Waals surface area (Å²) < 4.78 is 45.8. The molecule has 0 unspecified atom stereocenters. The van der Waals surface area contributed by atoms with Gasteiger partial charge in [0.15, 0.2) is 11.5 Å². The van der Waals surface area contributed by atoms with Crippen LogP contribution < -0.4 is 0 Å². The number of pyridine rings is 1. The van der Waals surface area contributed by atoms with Gasteiger partial charge in [-0.25, -0.2) is 0 Å². The molecule has 5 nitrogen and oxygen atoms in total. The average Bonchev–Trinajstić information content (AvgIpc) is 3.32. The third-order valence-corrected chi connectivity index (χ3v) is 4.33. The van der Waals surface area contributed by atoms with E-state index in [9.17, 15) is 13.2 Å². The largest absolute Gasteiger partial charge is 0.433 e. The normalized spacial score (nSPS) is 11.7. The Bertz CT molecular complexity index is 1180. The molecule has 0 radical (unpaired) electrons. The Kier molecular flexibility index (Phi) is 4.11. The number of hydrogen-bond acceptors (Lipinski definition) is 4. The van der Waals surface area contributed by atoms with Crippen molar-refractivity contribution in [2.24, 2.45) is 0 Å². The fraction of sp³-hybridized carbons (Fsp3) is 0.0500. The molecule has 1 aromatic carbocycles. The molecule has 28 heavy (non-hydrogen) atoms. The van der Waals surface area contributed by atoms with E-state index in [1.807, 2.05) is 0 Å². The molecular weight excluding hydrogens is 369 g/mol. The average molecular weight is 382 g/mol. The Labute approximate surface area is 157 Å². The van der Waals surface area contributed by atoms with E-state index in [0.717, 1.165) is 6.20 Å². The maximum absolute atomic E-state index is 13.5. The van der Waals surface area contributed by atoms with Gasteiger partial charge in [-0.3, -0.25) is 10.1 Å². The van der Waals surface area contributed by atoms with Crippen molar-refractivity contribution in [1.82, 2.24) is 20.3 Å². The van der Waals surface area contributed by atoms with Gasteiger partial charge in [0.2, 0.25) is 0 Å². The van der Waals surface area contributed by atoms with Gasteiger partial charge in [0, 0.05) is 22.7 Å². The number of nitrogens with one attached hydrogen (secondary N) is 1. The van der Waals surface area contributed by atoms with Crippen molar-refractivity contribution in [2.75, 3.05) is 0 Å². The summed E-state index contributed by atoms with van der Waals surface area (Å²) >= 11 is 0. The van der Waals surface area contributed by atoms with Gasteiger partial charge < -0.3 is 4.52 Å². The van der Waals surface area contributed by atoms with Crippen LogP contribution >= 0.6 is 0 Å². The molecule has 0 saturated carbocycles. The summed E-state index contributed by atoms with van der Waals surface area (Å²) in [5.74, 6) is 0.394. The molecule has 4 aromatic rings. The summed E-state index contributed by atoms with van der Waals surface area (Å²) in [7, 11) is 0. The van der Waals surface area contributed by atoms with Crippen molar-refractivity contribution in [3.63, 3.8) is 0 Å². The summed E-state index contributed by atoms with van der Waals surface area (Å²) in [6.07, 6.45) is 1.05. The van der Waals surface area contributed by atoms with Crippen molar-refractivity contribution in [2.45, 2.75) is 6.18 Å². The van der Waals surface area contributed by atoms with Crippen LogP contribution in [0.4, 0.5) is 13.2 Å². The minimum Gasteiger partial charge on any atom is -0.356 e. The monoisotopic (exact) mass is 382 g/mol. The molecule has 3 heterocycles. The Morgan fingerprint density at radius 2 is 1.93 bits per heavy atom. The maximum Gasteiger partial charge on any atom is 0.433 e. The lowest BCUT2D eigenvalue weighted by atomic mass is 9.94. The number of alkyl halides is 3. The van der Waals surface area contributed by atoms with E-state index >= 15 is 0 Å². The molecule has 0 atom stereocenters. The minimum absolute atomic E-state index is 0.0529. The summed E-state index contributed by atoms with van der Waals surface area (Å²) in [4.78, 5) is 3.55. The van der Waals surface area contributed by atoms with E-state index in [1.165, 1.54) is 24.3 Å². The van der Waals surface area contributed by atoms with E-state index in [0.29, 0.717) is 39.0 Å². The first kappa shape index (κ1) is 17.7. The number of aromatic amines is 1. The standard InChI is InChI=1S/C20H13F3N4O/c1-3-15-17(16(4-2)28-27-15)11-8-12-10-25-26-18(12)14(9-11)13-6-5-7-24-19(13)20(21,22)23/h3-10H,1-2H2,(H,25,26). The number of benzene rings is 1. The number of H-pyrrole nitrogens is 1. The lowest BCUT2D eigenvalue weighted by Gasteiger charge is -2.13. The molecule has 0 aliphatic rings. The molecule has 1 N–H and O–H groups in total. The zero-order valence-corrected chi connectivity index (χ0v) is 14.4. The summed E-state index contributed by atoms with van der Waals surface area (Å²) in [5, 5.41) is 11.3. The number of halogens is 3. The zero-order valence-electron chi connectivity index (χ0n) is 14.4. The predicted molar refractivity (Wildman–Crippen MR) is 100 cm³/mol. The quantitative estimate of drug-likeness (QED) is 0.500. The highest BCUT2D eigenvalue weighted by atomic mass is 19.4. The minimum atomic E-state index is -4.60. The molecule has 0 spiro atoms. The highest BCUT2D eigenvalue weighted by Crippen LogP contribution is 2.40. The van der Waals surface area contributed by atoms with Gasteiger partial charge in [-0.05, 0) is 35.9 Å². The van der Waals surface area contributed by atoms with Crippen LogP contribution in [0.5, 0.6) is 0 Å². The first-order valence-electron chi connectivity index (χ1n) is 8.18. The Balaban J connectivity index is 2.06. The highest BCUT2D eigenvalue weighted by molar-refractivity contribution is 5.99. The fourth-order valence-corrected chi connectivity index (χ4v) is 3.15. The molecule has 0 bridgehead atoms. The Hall–Kier alpha value is -3.68. The number of fused-ring (bicyclic) bond motifs is 1. The second-order valence-corrected chi connectivity index (χ2v) is 5.97. The number of nitrogens with zero attached hydrogens (tertiary/aromatic N) is 3. The lowest BCUT2D eigenvalue weighted by molar-refractivity contribution is -0.140. The van der Waals surface area contributed by atoms with Crippen molar-refractivity contribution >= 4 is 23.1 Å². The fourth-order valence-electron chi connectivity index (χ4n) is 3.15. The summed E-state index contributed by atoms with van der Waals surface area (Å²) in [6, 6.07) is 6.26. The molecule has 0 aliphatic heterocycles. The van der Waals surface area contributed by atoms with Crippen LogP contribution in [0.1, 0.15) is 17.1 Å². The molecular formula is C20H13F3N4O. The van der Waals surface area contributed by atoms with Gasteiger partial charge in [-0.15, -0.1) is 0 Å². The maximum atomic E-state index is 13.5. The Morgan fingerprint density at radius 3 is 2.64 bits per heavy atom. The van der Waals surface area contributed by atoms with Gasteiger partial charge in [0.05, 0.1) is 17.3 Å². The predicted octanol–water partition coefficient (Wildman–Crippen LogP) is 5.58. The molecule has 3 aromatic heterocycles. The molecule has 0 fully saturated rings. The van der Waals surface area contributed by atoms with Crippen LogP contribution in [0.3, 0.4) is 0 Å². The van der Waals surface area contributed by atoms with Gasteiger partial charge in [0.1, 0.15) is 5.69 Å². The van der Waals surface area contributed by atoms with E-state index in [2.05, 4.69) is 33.5 Å². The van der Waals surface area contributed by atoms with Crippen LogP contribution in [0.2, 0.25) is 0 Å². The van der Waals surface area contributed by atoms with Crippen LogP contribution in [0.15, 0.2) is 54.3 Å². The van der Waals surface area contributed by atoms with Crippen LogP contribution in [0.25, 0.3) is 45.3 Å². The second kappa shape index (κ2) is 6.49. The molecule has 0 amide bonds. The van der Waals surface area contributed by atoms with Gasteiger partial charge in [0.25, 0.3) is 0 Å².